The Morgan fingerprint density at radius 3 is 2.85 bits per heavy atom. The van der Waals surface area contributed by atoms with Crippen molar-refractivity contribution in [3.63, 3.8) is 0 Å². The zero-order valence-electron chi connectivity index (χ0n) is 15.8. The molecule has 1 aliphatic carbocycles. The molecule has 1 saturated carbocycles. The molecule has 1 aromatic carbocycles. The van der Waals surface area contributed by atoms with Crippen LogP contribution in [0.3, 0.4) is 0 Å². The molecule has 2 N–H and O–H groups in total. The number of nitrogens with one attached hydrogen (secondary N) is 2. The van der Waals surface area contributed by atoms with Crippen molar-refractivity contribution < 1.29 is 4.74 Å². The summed E-state index contributed by atoms with van der Waals surface area (Å²) >= 11 is 1.71. The van der Waals surface area contributed by atoms with Crippen LogP contribution in [0.25, 0.3) is 0 Å². The SMILES string of the molecule is CCNC(=NCc1ccc(C)cc1OCC1CC1)NCc1cnc(C)s1. The minimum atomic E-state index is 0.595. The summed E-state index contributed by atoms with van der Waals surface area (Å²) in [5.41, 5.74) is 2.34. The molecule has 0 bridgehead atoms. The van der Waals surface area contributed by atoms with Crippen LogP contribution in [0.15, 0.2) is 29.4 Å². The molecule has 140 valence electrons. The van der Waals surface area contributed by atoms with E-state index in [-0.39, 0.29) is 0 Å². The van der Waals surface area contributed by atoms with Crippen LogP contribution in [0.1, 0.15) is 40.8 Å². The van der Waals surface area contributed by atoms with E-state index in [0.717, 1.165) is 47.9 Å². The molecule has 1 aliphatic rings. The van der Waals surface area contributed by atoms with E-state index in [9.17, 15) is 0 Å². The van der Waals surface area contributed by atoms with Crippen LogP contribution < -0.4 is 15.4 Å². The van der Waals surface area contributed by atoms with Gasteiger partial charge in [0.05, 0.1) is 24.7 Å². The average Bonchev–Trinajstić information content (AvgIpc) is 3.37. The van der Waals surface area contributed by atoms with Crippen molar-refractivity contribution in [3.05, 3.63) is 45.4 Å². The Morgan fingerprint density at radius 1 is 1.31 bits per heavy atom. The molecule has 0 radical (unpaired) electrons. The van der Waals surface area contributed by atoms with E-state index in [2.05, 4.69) is 47.7 Å². The molecule has 5 nitrogen and oxygen atoms in total. The smallest absolute Gasteiger partial charge is 0.191 e. The second-order valence-electron chi connectivity index (χ2n) is 6.76. The van der Waals surface area contributed by atoms with Crippen LogP contribution in [0.5, 0.6) is 5.75 Å². The van der Waals surface area contributed by atoms with Gasteiger partial charge in [-0.1, -0.05) is 12.1 Å². The molecule has 2 aromatic rings. The molecule has 6 heteroatoms. The summed E-state index contributed by atoms with van der Waals surface area (Å²) in [6.45, 7) is 9.17. The Labute approximate surface area is 159 Å². The maximum Gasteiger partial charge on any atom is 0.191 e. The fourth-order valence-corrected chi connectivity index (χ4v) is 3.32. The minimum absolute atomic E-state index is 0.595. The summed E-state index contributed by atoms with van der Waals surface area (Å²) in [5.74, 6) is 2.52. The van der Waals surface area contributed by atoms with Crippen LogP contribution in [0, 0.1) is 19.8 Å². The molecule has 0 atom stereocenters. The van der Waals surface area contributed by atoms with E-state index < -0.39 is 0 Å². The molecule has 0 unspecified atom stereocenters. The average molecular weight is 373 g/mol. The highest BCUT2D eigenvalue weighted by Crippen LogP contribution is 2.30. The highest BCUT2D eigenvalue weighted by Gasteiger charge is 2.22. The third-order valence-corrected chi connectivity index (χ3v) is 5.16. The Hall–Kier alpha value is -2.08. The number of hydrogen-bond acceptors (Lipinski definition) is 4. The standard InChI is InChI=1S/C20H28N4OS/c1-4-21-20(24-12-18-11-22-15(3)26-18)23-10-17-8-5-14(2)9-19(17)25-13-16-6-7-16/h5,8-9,11,16H,4,6-7,10,12-13H2,1-3H3,(H2,21,23,24). The van der Waals surface area contributed by atoms with E-state index in [1.54, 1.807) is 11.3 Å². The van der Waals surface area contributed by atoms with E-state index >= 15 is 0 Å². The molecule has 1 heterocycles. The van der Waals surface area contributed by atoms with E-state index in [1.165, 1.54) is 23.3 Å². The summed E-state index contributed by atoms with van der Waals surface area (Å²) in [6.07, 6.45) is 4.51. The second-order valence-corrected chi connectivity index (χ2v) is 8.08. The maximum absolute atomic E-state index is 6.05. The lowest BCUT2D eigenvalue weighted by Gasteiger charge is -2.13. The molecule has 0 saturated heterocycles. The number of aromatic nitrogens is 1. The molecule has 0 amide bonds. The first kappa shape index (κ1) is 18.7. The summed E-state index contributed by atoms with van der Waals surface area (Å²) in [5, 5.41) is 7.77. The van der Waals surface area contributed by atoms with Gasteiger partial charge in [0.15, 0.2) is 5.96 Å². The van der Waals surface area contributed by atoms with Crippen LogP contribution >= 0.6 is 11.3 Å². The minimum Gasteiger partial charge on any atom is -0.493 e. The first-order valence-corrected chi connectivity index (χ1v) is 10.1. The first-order chi connectivity index (χ1) is 12.6. The number of nitrogens with zero attached hydrogens (tertiary/aromatic N) is 2. The normalized spacial score (nSPS) is 14.3. The Morgan fingerprint density at radius 2 is 2.15 bits per heavy atom. The summed E-state index contributed by atoms with van der Waals surface area (Å²) in [4.78, 5) is 10.2. The van der Waals surface area contributed by atoms with Gasteiger partial charge in [-0.15, -0.1) is 11.3 Å². The monoisotopic (exact) mass is 372 g/mol. The molecule has 0 spiro atoms. The highest BCUT2D eigenvalue weighted by atomic mass is 32.1. The van der Waals surface area contributed by atoms with Crippen LogP contribution in [0.2, 0.25) is 0 Å². The van der Waals surface area contributed by atoms with E-state index in [0.29, 0.717) is 6.54 Å². The van der Waals surface area contributed by atoms with E-state index in [4.69, 9.17) is 9.73 Å². The summed E-state index contributed by atoms with van der Waals surface area (Å²) in [7, 11) is 0. The maximum atomic E-state index is 6.05. The first-order valence-electron chi connectivity index (χ1n) is 9.30. The van der Waals surface area contributed by atoms with Gasteiger partial charge < -0.3 is 15.4 Å². The van der Waals surface area contributed by atoms with Gasteiger partial charge in [0.25, 0.3) is 0 Å². The van der Waals surface area contributed by atoms with Crippen molar-refractivity contribution in [2.75, 3.05) is 13.2 Å². The molecule has 1 fully saturated rings. The van der Waals surface area contributed by atoms with Crippen molar-refractivity contribution in [1.82, 2.24) is 15.6 Å². The van der Waals surface area contributed by atoms with Crippen LogP contribution in [-0.4, -0.2) is 24.1 Å². The van der Waals surface area contributed by atoms with Crippen LogP contribution in [-0.2, 0) is 13.1 Å². The van der Waals surface area contributed by atoms with Gasteiger partial charge in [-0.3, -0.25) is 0 Å². The Kier molecular flexibility index (Phi) is 6.50. The number of guanidine groups is 1. The summed E-state index contributed by atoms with van der Waals surface area (Å²) in [6, 6.07) is 6.36. The molecule has 26 heavy (non-hydrogen) atoms. The summed E-state index contributed by atoms with van der Waals surface area (Å²) < 4.78 is 6.05. The third-order valence-electron chi connectivity index (χ3n) is 4.25. The molecule has 3 rings (SSSR count). The quantitative estimate of drug-likeness (QED) is 0.546. The predicted molar refractivity (Wildman–Crippen MR) is 108 cm³/mol. The van der Waals surface area contributed by atoms with Crippen molar-refractivity contribution in [1.29, 1.82) is 0 Å². The van der Waals surface area contributed by atoms with Crippen molar-refractivity contribution in [2.45, 2.75) is 46.7 Å². The molecule has 1 aromatic heterocycles. The van der Waals surface area contributed by atoms with E-state index in [1.807, 2.05) is 13.1 Å². The van der Waals surface area contributed by atoms with Gasteiger partial charge in [0.1, 0.15) is 5.75 Å². The number of hydrogen-bond donors (Lipinski definition) is 2. The number of aryl methyl sites for hydroxylation is 2. The topological polar surface area (TPSA) is 58.5 Å². The van der Waals surface area contributed by atoms with Crippen molar-refractivity contribution in [2.24, 2.45) is 10.9 Å². The number of ether oxygens (including phenoxy) is 1. The van der Waals surface area contributed by atoms with Crippen molar-refractivity contribution >= 4 is 17.3 Å². The number of rotatable bonds is 8. The number of benzene rings is 1. The van der Waals surface area contributed by atoms with Gasteiger partial charge in [-0.25, -0.2) is 9.98 Å². The fourth-order valence-electron chi connectivity index (χ4n) is 2.58. The number of thiazole rings is 1. The zero-order chi connectivity index (χ0) is 18.4. The Balaban J connectivity index is 1.63. The molecular weight excluding hydrogens is 344 g/mol. The van der Waals surface area contributed by atoms with Gasteiger partial charge in [-0.05, 0) is 51.2 Å². The lowest BCUT2D eigenvalue weighted by atomic mass is 10.1. The van der Waals surface area contributed by atoms with Gasteiger partial charge >= 0.3 is 0 Å². The largest absolute Gasteiger partial charge is 0.493 e. The number of aliphatic imine (C=N–C) groups is 1. The van der Waals surface area contributed by atoms with Gasteiger partial charge in [0.2, 0.25) is 0 Å². The van der Waals surface area contributed by atoms with Gasteiger partial charge in [-0.2, -0.15) is 0 Å². The predicted octanol–water partition coefficient (Wildman–Crippen LogP) is 3.80. The van der Waals surface area contributed by atoms with Gasteiger partial charge in [0, 0.05) is 23.2 Å². The van der Waals surface area contributed by atoms with Crippen molar-refractivity contribution in [3.8, 4) is 5.75 Å². The second kappa shape index (κ2) is 9.03. The lowest BCUT2D eigenvalue weighted by molar-refractivity contribution is 0.296. The van der Waals surface area contributed by atoms with Crippen LogP contribution in [0.4, 0.5) is 0 Å². The molecule has 0 aliphatic heterocycles. The highest BCUT2D eigenvalue weighted by molar-refractivity contribution is 7.11. The fraction of sp³-hybridized carbons (Fsp3) is 0.500. The third kappa shape index (κ3) is 5.73. The Bertz CT molecular complexity index is 752. The lowest BCUT2D eigenvalue weighted by Crippen LogP contribution is -2.36. The molecular formula is C20H28N4OS. The zero-order valence-corrected chi connectivity index (χ0v) is 16.7.